The summed E-state index contributed by atoms with van der Waals surface area (Å²) in [6.45, 7) is 7.58. The summed E-state index contributed by atoms with van der Waals surface area (Å²) in [4.78, 5) is 0.260. The van der Waals surface area contributed by atoms with Crippen LogP contribution in [0.4, 0.5) is 0 Å². The van der Waals surface area contributed by atoms with Crippen LogP contribution in [0, 0.1) is 6.92 Å². The Labute approximate surface area is 159 Å². The highest BCUT2D eigenvalue weighted by molar-refractivity contribution is 7.89. The van der Waals surface area contributed by atoms with Crippen molar-refractivity contribution < 1.29 is 17.4 Å². The third kappa shape index (κ3) is 4.48. The van der Waals surface area contributed by atoms with Crippen LogP contribution in [-0.4, -0.2) is 19.6 Å². The maximum Gasteiger partial charge on any atom is 0.241 e. The minimum Gasteiger partial charge on any atom is -0.469 e. The Morgan fingerprint density at radius 2 is 1.93 bits per heavy atom. The van der Waals surface area contributed by atoms with Gasteiger partial charge in [-0.1, -0.05) is 31.1 Å². The van der Waals surface area contributed by atoms with E-state index in [0.29, 0.717) is 17.7 Å². The summed E-state index contributed by atoms with van der Waals surface area (Å²) in [5.41, 5.74) is 2.18. The van der Waals surface area contributed by atoms with Crippen molar-refractivity contribution >= 4 is 10.0 Å². The highest BCUT2D eigenvalue weighted by Gasteiger charge is 2.24. The van der Waals surface area contributed by atoms with Crippen molar-refractivity contribution in [3.63, 3.8) is 0 Å². The van der Waals surface area contributed by atoms with Gasteiger partial charge < -0.3 is 8.94 Å². The molecular weight excluding hydrogens is 364 g/mol. The number of aryl methyl sites for hydroxylation is 1. The maximum atomic E-state index is 13.1. The lowest BCUT2D eigenvalue weighted by atomic mass is 10.0. The van der Waals surface area contributed by atoms with Crippen molar-refractivity contribution in [1.29, 1.82) is 0 Å². The van der Waals surface area contributed by atoms with E-state index in [1.807, 2.05) is 45.9 Å². The molecule has 2 heterocycles. The normalized spacial score (nSPS) is 13.2. The topological polar surface area (TPSA) is 85.3 Å². The molecule has 144 valence electrons. The predicted molar refractivity (Wildman–Crippen MR) is 103 cm³/mol. The molecule has 1 N–H and O–H groups in total. The van der Waals surface area contributed by atoms with E-state index < -0.39 is 10.0 Å². The summed E-state index contributed by atoms with van der Waals surface area (Å²) in [6.07, 6.45) is 2.06. The van der Waals surface area contributed by atoms with Crippen LogP contribution >= 0.6 is 0 Å². The second-order valence-electron chi connectivity index (χ2n) is 7.05. The van der Waals surface area contributed by atoms with Gasteiger partial charge in [0.2, 0.25) is 10.0 Å². The lowest BCUT2D eigenvalue weighted by molar-refractivity contribution is 0.427. The Kier molecular flexibility index (Phi) is 5.53. The molecule has 0 aliphatic rings. The van der Waals surface area contributed by atoms with Gasteiger partial charge in [-0.3, -0.25) is 0 Å². The summed E-state index contributed by atoms with van der Waals surface area (Å²) in [5, 5.41) is 3.88. The third-order valence-corrected chi connectivity index (χ3v) is 5.93. The number of nitrogens with zero attached hydrogens (tertiary/aromatic N) is 1. The standard InChI is InChI=1S/C20H24N2O4S/c1-13(2)18-8-7-16(19-11-14(3)21-26-19)12-20(18)27(23,24)22-15(4)10-17-6-5-9-25-17/h5-9,11-13,15,22H,10H2,1-4H3. The first-order valence-corrected chi connectivity index (χ1v) is 10.4. The van der Waals surface area contributed by atoms with Crippen LogP contribution in [0.3, 0.4) is 0 Å². The Bertz CT molecular complexity index is 1000. The smallest absolute Gasteiger partial charge is 0.241 e. The number of furan rings is 1. The number of benzene rings is 1. The predicted octanol–water partition coefficient (Wildman–Crippen LogP) is 4.28. The van der Waals surface area contributed by atoms with Crippen LogP contribution < -0.4 is 4.72 Å². The molecular formula is C20H24N2O4S. The molecule has 0 bridgehead atoms. The molecule has 1 aromatic carbocycles. The zero-order valence-electron chi connectivity index (χ0n) is 15.9. The molecule has 3 aromatic rings. The minimum atomic E-state index is -3.72. The first-order chi connectivity index (χ1) is 12.8. The maximum absolute atomic E-state index is 13.1. The van der Waals surface area contributed by atoms with Gasteiger partial charge in [0.05, 0.1) is 16.9 Å². The molecule has 0 spiro atoms. The van der Waals surface area contributed by atoms with Gasteiger partial charge in [0.15, 0.2) is 5.76 Å². The molecule has 2 aromatic heterocycles. The number of aromatic nitrogens is 1. The minimum absolute atomic E-state index is 0.0578. The van der Waals surface area contributed by atoms with E-state index in [4.69, 9.17) is 8.94 Å². The van der Waals surface area contributed by atoms with Gasteiger partial charge in [-0.25, -0.2) is 13.1 Å². The summed E-state index contributed by atoms with van der Waals surface area (Å²) in [6, 6.07) is 10.4. The van der Waals surface area contributed by atoms with Crippen molar-refractivity contribution in [2.75, 3.05) is 0 Å². The third-order valence-electron chi connectivity index (χ3n) is 4.28. The van der Waals surface area contributed by atoms with Crippen LogP contribution in [0.2, 0.25) is 0 Å². The largest absolute Gasteiger partial charge is 0.469 e. The van der Waals surface area contributed by atoms with Crippen molar-refractivity contribution in [3.05, 3.63) is 59.7 Å². The van der Waals surface area contributed by atoms with E-state index in [-0.39, 0.29) is 16.9 Å². The number of nitrogens with one attached hydrogen (secondary N) is 1. The number of hydrogen-bond acceptors (Lipinski definition) is 5. The molecule has 0 fully saturated rings. The zero-order chi connectivity index (χ0) is 19.6. The fourth-order valence-electron chi connectivity index (χ4n) is 3.00. The van der Waals surface area contributed by atoms with Crippen LogP contribution in [0.15, 0.2) is 56.5 Å². The van der Waals surface area contributed by atoms with Crippen molar-refractivity contribution in [1.82, 2.24) is 9.88 Å². The molecule has 1 atom stereocenters. The molecule has 0 saturated carbocycles. The second kappa shape index (κ2) is 7.70. The van der Waals surface area contributed by atoms with Gasteiger partial charge in [-0.15, -0.1) is 0 Å². The molecule has 7 heteroatoms. The molecule has 6 nitrogen and oxygen atoms in total. The van der Waals surface area contributed by atoms with Gasteiger partial charge in [-0.2, -0.15) is 0 Å². The Morgan fingerprint density at radius 1 is 1.15 bits per heavy atom. The quantitative estimate of drug-likeness (QED) is 0.653. The number of hydrogen-bond donors (Lipinski definition) is 1. The monoisotopic (exact) mass is 388 g/mol. The van der Waals surface area contributed by atoms with E-state index in [0.717, 1.165) is 17.0 Å². The zero-order valence-corrected chi connectivity index (χ0v) is 16.7. The Balaban J connectivity index is 1.94. The van der Waals surface area contributed by atoms with Crippen LogP contribution in [0.25, 0.3) is 11.3 Å². The number of sulfonamides is 1. The van der Waals surface area contributed by atoms with Gasteiger partial charge >= 0.3 is 0 Å². The van der Waals surface area contributed by atoms with E-state index in [1.54, 1.807) is 24.5 Å². The summed E-state index contributed by atoms with van der Waals surface area (Å²) < 4.78 is 39.6. The van der Waals surface area contributed by atoms with E-state index >= 15 is 0 Å². The van der Waals surface area contributed by atoms with Gasteiger partial charge in [0.25, 0.3) is 0 Å². The van der Waals surface area contributed by atoms with Gasteiger partial charge in [0, 0.05) is 24.1 Å². The van der Waals surface area contributed by atoms with Crippen LogP contribution in [-0.2, 0) is 16.4 Å². The highest BCUT2D eigenvalue weighted by atomic mass is 32.2. The molecule has 27 heavy (non-hydrogen) atoms. The van der Waals surface area contributed by atoms with Crippen molar-refractivity contribution in [2.24, 2.45) is 0 Å². The molecule has 0 aliphatic heterocycles. The van der Waals surface area contributed by atoms with E-state index in [2.05, 4.69) is 9.88 Å². The fourth-order valence-corrected chi connectivity index (χ4v) is 4.63. The second-order valence-corrected chi connectivity index (χ2v) is 8.73. The van der Waals surface area contributed by atoms with Gasteiger partial charge in [-0.05, 0) is 43.5 Å². The molecule has 0 radical (unpaired) electrons. The first-order valence-electron chi connectivity index (χ1n) is 8.88. The van der Waals surface area contributed by atoms with Gasteiger partial charge in [0.1, 0.15) is 5.76 Å². The summed E-state index contributed by atoms with van der Waals surface area (Å²) >= 11 is 0. The summed E-state index contributed by atoms with van der Waals surface area (Å²) in [5.74, 6) is 1.34. The Morgan fingerprint density at radius 3 is 2.52 bits per heavy atom. The lowest BCUT2D eigenvalue weighted by Crippen LogP contribution is -2.34. The summed E-state index contributed by atoms with van der Waals surface area (Å²) in [7, 11) is -3.72. The van der Waals surface area contributed by atoms with Crippen LogP contribution in [0.5, 0.6) is 0 Å². The lowest BCUT2D eigenvalue weighted by Gasteiger charge is -2.18. The van der Waals surface area contributed by atoms with Crippen molar-refractivity contribution in [3.8, 4) is 11.3 Å². The van der Waals surface area contributed by atoms with Crippen LogP contribution in [0.1, 0.15) is 43.7 Å². The fraction of sp³-hybridized carbons (Fsp3) is 0.350. The average Bonchev–Trinajstić information content (AvgIpc) is 3.25. The molecule has 0 saturated heterocycles. The molecule has 0 amide bonds. The van der Waals surface area contributed by atoms with E-state index in [1.165, 1.54) is 0 Å². The molecule has 0 aliphatic carbocycles. The molecule has 3 rings (SSSR count). The Hall–Kier alpha value is -2.38. The average molecular weight is 388 g/mol. The SMILES string of the molecule is Cc1cc(-c2ccc(C(C)C)c(S(=O)(=O)NC(C)Cc3ccco3)c2)on1. The first kappa shape index (κ1) is 19.4. The van der Waals surface area contributed by atoms with Crippen molar-refractivity contribution in [2.45, 2.75) is 51.0 Å². The molecule has 1 unspecified atom stereocenters. The highest BCUT2D eigenvalue weighted by Crippen LogP contribution is 2.30. The number of rotatable bonds is 7. The van der Waals surface area contributed by atoms with E-state index in [9.17, 15) is 8.42 Å².